The largest absolute Gasteiger partial charge is 0.495 e. The SMILES string of the molecule is COc1ccc(-n2c(C)cc(/C=N\NC(=O)C(=O)NCCc3ccccc3)c2C)cc1Cl. The van der Waals surface area contributed by atoms with Gasteiger partial charge in [-0.3, -0.25) is 9.59 Å². The number of hydrazone groups is 1. The van der Waals surface area contributed by atoms with E-state index >= 15 is 0 Å². The predicted octanol–water partition coefficient (Wildman–Crippen LogP) is 3.57. The fourth-order valence-corrected chi connectivity index (χ4v) is 3.62. The molecule has 0 aliphatic rings. The summed E-state index contributed by atoms with van der Waals surface area (Å²) in [5, 5.41) is 7.04. The molecular weight excluding hydrogens is 428 g/mol. The van der Waals surface area contributed by atoms with Gasteiger partial charge in [0, 0.05) is 29.2 Å². The van der Waals surface area contributed by atoms with Gasteiger partial charge in [-0.1, -0.05) is 41.9 Å². The van der Waals surface area contributed by atoms with Crippen LogP contribution in [0.3, 0.4) is 0 Å². The minimum Gasteiger partial charge on any atom is -0.495 e. The van der Waals surface area contributed by atoms with Gasteiger partial charge in [-0.25, -0.2) is 5.43 Å². The molecule has 0 aliphatic carbocycles. The molecule has 8 heteroatoms. The Morgan fingerprint density at radius 1 is 1.09 bits per heavy atom. The summed E-state index contributed by atoms with van der Waals surface area (Å²) in [6.45, 7) is 4.26. The van der Waals surface area contributed by atoms with Crippen LogP contribution in [0.2, 0.25) is 5.02 Å². The molecule has 166 valence electrons. The number of halogens is 1. The molecule has 2 aromatic carbocycles. The molecule has 0 spiro atoms. The number of aryl methyl sites for hydroxylation is 1. The van der Waals surface area contributed by atoms with Crippen molar-refractivity contribution in [1.29, 1.82) is 0 Å². The molecule has 0 atom stereocenters. The normalized spacial score (nSPS) is 10.9. The number of hydrogen-bond acceptors (Lipinski definition) is 4. The predicted molar refractivity (Wildman–Crippen MR) is 126 cm³/mol. The van der Waals surface area contributed by atoms with Crippen molar-refractivity contribution in [3.05, 3.63) is 82.1 Å². The van der Waals surface area contributed by atoms with E-state index in [0.29, 0.717) is 23.7 Å². The minimum absolute atomic E-state index is 0.367. The summed E-state index contributed by atoms with van der Waals surface area (Å²) >= 11 is 6.26. The first-order valence-electron chi connectivity index (χ1n) is 10.1. The molecule has 1 aromatic heterocycles. The Morgan fingerprint density at radius 2 is 1.84 bits per heavy atom. The van der Waals surface area contributed by atoms with Crippen molar-refractivity contribution in [2.24, 2.45) is 5.10 Å². The number of carbonyl (C=O) groups is 2. The lowest BCUT2D eigenvalue weighted by molar-refractivity contribution is -0.139. The Hall–Kier alpha value is -3.58. The first-order chi connectivity index (χ1) is 15.4. The number of hydrogen-bond donors (Lipinski definition) is 2. The molecule has 0 aliphatic heterocycles. The number of rotatable bonds is 7. The zero-order valence-corrected chi connectivity index (χ0v) is 18.9. The van der Waals surface area contributed by atoms with E-state index in [0.717, 1.165) is 28.2 Å². The monoisotopic (exact) mass is 452 g/mol. The summed E-state index contributed by atoms with van der Waals surface area (Å²) in [5.74, 6) is -0.939. The fourth-order valence-electron chi connectivity index (χ4n) is 3.37. The smallest absolute Gasteiger partial charge is 0.329 e. The molecule has 32 heavy (non-hydrogen) atoms. The lowest BCUT2D eigenvalue weighted by Crippen LogP contribution is -2.38. The van der Waals surface area contributed by atoms with Crippen molar-refractivity contribution >= 4 is 29.6 Å². The highest BCUT2D eigenvalue weighted by atomic mass is 35.5. The van der Waals surface area contributed by atoms with E-state index in [4.69, 9.17) is 16.3 Å². The van der Waals surface area contributed by atoms with E-state index < -0.39 is 11.8 Å². The molecular formula is C24H25ClN4O3. The third kappa shape index (κ3) is 5.56. The topological polar surface area (TPSA) is 84.7 Å². The summed E-state index contributed by atoms with van der Waals surface area (Å²) < 4.78 is 7.23. The number of benzene rings is 2. The third-order valence-electron chi connectivity index (χ3n) is 4.98. The molecule has 7 nitrogen and oxygen atoms in total. The van der Waals surface area contributed by atoms with Crippen LogP contribution in [0.25, 0.3) is 5.69 Å². The number of nitrogens with one attached hydrogen (secondary N) is 2. The van der Waals surface area contributed by atoms with Crippen molar-refractivity contribution in [1.82, 2.24) is 15.3 Å². The van der Waals surface area contributed by atoms with E-state index in [2.05, 4.69) is 15.8 Å². The van der Waals surface area contributed by atoms with Crippen LogP contribution in [0.15, 0.2) is 59.7 Å². The maximum Gasteiger partial charge on any atom is 0.329 e. The molecule has 2 amide bonds. The maximum absolute atomic E-state index is 12.0. The Bertz CT molecular complexity index is 1140. The quantitative estimate of drug-likeness (QED) is 0.326. The summed E-state index contributed by atoms with van der Waals surface area (Å²) in [5.41, 5.74) is 6.92. The van der Waals surface area contributed by atoms with Crippen molar-refractivity contribution in [2.75, 3.05) is 13.7 Å². The molecule has 0 fully saturated rings. The molecule has 0 bridgehead atoms. The molecule has 0 radical (unpaired) electrons. The van der Waals surface area contributed by atoms with Gasteiger partial charge in [0.05, 0.1) is 18.3 Å². The van der Waals surface area contributed by atoms with Crippen LogP contribution in [-0.4, -0.2) is 36.3 Å². The molecule has 2 N–H and O–H groups in total. The molecule has 3 rings (SSSR count). The van der Waals surface area contributed by atoms with E-state index in [9.17, 15) is 9.59 Å². The highest BCUT2D eigenvalue weighted by Gasteiger charge is 2.13. The van der Waals surface area contributed by atoms with Gasteiger partial charge in [0.25, 0.3) is 0 Å². The second-order valence-corrected chi connectivity index (χ2v) is 7.58. The number of ether oxygens (including phenoxy) is 1. The number of nitrogens with zero attached hydrogens (tertiary/aromatic N) is 2. The van der Waals surface area contributed by atoms with Crippen molar-refractivity contribution < 1.29 is 14.3 Å². The first kappa shape index (κ1) is 23.1. The van der Waals surface area contributed by atoms with Gasteiger partial charge in [0.15, 0.2) is 0 Å². The van der Waals surface area contributed by atoms with Gasteiger partial charge in [0.1, 0.15) is 5.75 Å². The number of methoxy groups -OCH3 is 1. The first-order valence-corrected chi connectivity index (χ1v) is 10.5. The summed E-state index contributed by atoms with van der Waals surface area (Å²) in [6.07, 6.45) is 2.16. The Morgan fingerprint density at radius 3 is 2.53 bits per heavy atom. The van der Waals surface area contributed by atoms with Gasteiger partial charge >= 0.3 is 11.8 Å². The Labute approximate surface area is 192 Å². The lowest BCUT2D eigenvalue weighted by Gasteiger charge is -2.11. The van der Waals surface area contributed by atoms with Crippen molar-refractivity contribution in [3.8, 4) is 11.4 Å². The molecule has 0 saturated carbocycles. The molecule has 0 saturated heterocycles. The molecule has 1 heterocycles. The standard InChI is InChI=1S/C24H25ClN4O3/c1-16-13-19(17(2)29(16)20-9-10-22(32-3)21(25)14-20)15-27-28-24(31)23(30)26-12-11-18-7-5-4-6-8-18/h4-10,13-15H,11-12H2,1-3H3,(H,26,30)(H,28,31)/b27-15-. The van der Waals surface area contributed by atoms with Gasteiger partial charge in [-0.15, -0.1) is 0 Å². The number of carbonyl (C=O) groups excluding carboxylic acids is 2. The van der Waals surface area contributed by atoms with Crippen LogP contribution < -0.4 is 15.5 Å². The summed E-state index contributed by atoms with van der Waals surface area (Å²) in [4.78, 5) is 23.9. The summed E-state index contributed by atoms with van der Waals surface area (Å²) in [7, 11) is 1.57. The highest BCUT2D eigenvalue weighted by molar-refractivity contribution is 6.35. The van der Waals surface area contributed by atoms with Crippen LogP contribution >= 0.6 is 11.6 Å². The van der Waals surface area contributed by atoms with Gasteiger partial charge in [-0.2, -0.15) is 5.10 Å². The maximum atomic E-state index is 12.0. The number of amides is 2. The average Bonchev–Trinajstić information content (AvgIpc) is 3.07. The van der Waals surface area contributed by atoms with Gasteiger partial charge in [0.2, 0.25) is 0 Å². The zero-order valence-electron chi connectivity index (χ0n) is 18.2. The van der Waals surface area contributed by atoms with Gasteiger partial charge in [-0.05, 0) is 50.1 Å². The van der Waals surface area contributed by atoms with E-state index in [1.54, 1.807) is 13.2 Å². The second-order valence-electron chi connectivity index (χ2n) is 7.17. The zero-order chi connectivity index (χ0) is 23.1. The van der Waals surface area contributed by atoms with Crippen LogP contribution in [0.5, 0.6) is 5.75 Å². The summed E-state index contributed by atoms with van der Waals surface area (Å²) in [6, 6.07) is 17.2. The van der Waals surface area contributed by atoms with Crippen molar-refractivity contribution in [2.45, 2.75) is 20.3 Å². The molecule has 3 aromatic rings. The Kier molecular flexibility index (Phi) is 7.68. The van der Waals surface area contributed by atoms with E-state index in [1.165, 1.54) is 6.21 Å². The average molecular weight is 453 g/mol. The Balaban J connectivity index is 1.59. The second kappa shape index (κ2) is 10.6. The van der Waals surface area contributed by atoms with E-state index in [1.807, 2.05) is 66.9 Å². The molecule has 0 unspecified atom stereocenters. The van der Waals surface area contributed by atoms with Gasteiger partial charge < -0.3 is 14.6 Å². The third-order valence-corrected chi connectivity index (χ3v) is 5.28. The van der Waals surface area contributed by atoms with Crippen LogP contribution in [0, 0.1) is 13.8 Å². The fraction of sp³-hybridized carbons (Fsp3) is 0.208. The van der Waals surface area contributed by atoms with Crippen LogP contribution in [0.1, 0.15) is 22.5 Å². The van der Waals surface area contributed by atoms with Crippen molar-refractivity contribution in [3.63, 3.8) is 0 Å². The van der Waals surface area contributed by atoms with Crippen LogP contribution in [0.4, 0.5) is 0 Å². The van der Waals surface area contributed by atoms with Crippen LogP contribution in [-0.2, 0) is 16.0 Å². The lowest BCUT2D eigenvalue weighted by atomic mass is 10.1. The highest BCUT2D eigenvalue weighted by Crippen LogP contribution is 2.28. The number of aromatic nitrogens is 1. The minimum atomic E-state index is -0.815. The van der Waals surface area contributed by atoms with E-state index in [-0.39, 0.29) is 0 Å².